The van der Waals surface area contributed by atoms with E-state index in [1.165, 1.54) is 19.9 Å². The topological polar surface area (TPSA) is 102 Å². The van der Waals surface area contributed by atoms with Gasteiger partial charge in [-0.15, -0.1) is 0 Å². The number of ether oxygens (including phenoxy) is 1. The van der Waals surface area contributed by atoms with E-state index in [0.29, 0.717) is 0 Å². The Balaban J connectivity index is 3.08. The number of nitro groups is 1. The number of amidine groups is 1. The molecule has 7 heteroatoms. The molecule has 1 unspecified atom stereocenters. The van der Waals surface area contributed by atoms with Crippen molar-refractivity contribution in [2.24, 2.45) is 5.73 Å². The zero-order chi connectivity index (χ0) is 13.2. The van der Waals surface area contributed by atoms with Gasteiger partial charge in [0.15, 0.2) is 17.7 Å². The minimum atomic E-state index is -0.851. The van der Waals surface area contributed by atoms with Crippen LogP contribution >= 0.6 is 0 Å². The summed E-state index contributed by atoms with van der Waals surface area (Å²) in [7, 11) is 0. The summed E-state index contributed by atoms with van der Waals surface area (Å²) in [6.07, 6.45) is -0.787. The van der Waals surface area contributed by atoms with Crippen LogP contribution in [0.1, 0.15) is 12.5 Å². The van der Waals surface area contributed by atoms with Gasteiger partial charge in [-0.3, -0.25) is 15.5 Å². The van der Waals surface area contributed by atoms with Gasteiger partial charge in [0.2, 0.25) is 0 Å². The minimum absolute atomic E-state index is 0.157. The Kier molecular flexibility index (Phi) is 3.62. The van der Waals surface area contributed by atoms with E-state index >= 15 is 0 Å². The zero-order valence-corrected chi connectivity index (χ0v) is 9.36. The van der Waals surface area contributed by atoms with Gasteiger partial charge in [0.05, 0.1) is 11.0 Å². The Bertz CT molecular complexity index is 476. The third kappa shape index (κ3) is 2.90. The van der Waals surface area contributed by atoms with Gasteiger partial charge in [-0.2, -0.15) is 0 Å². The maximum Gasteiger partial charge on any atom is 0.275 e. The summed E-state index contributed by atoms with van der Waals surface area (Å²) in [6.45, 7) is 2.96. The molecule has 1 aromatic rings. The lowest BCUT2D eigenvalue weighted by atomic mass is 10.2. The van der Waals surface area contributed by atoms with Gasteiger partial charge >= 0.3 is 0 Å². The van der Waals surface area contributed by atoms with E-state index in [-0.39, 0.29) is 22.8 Å². The first-order valence-corrected chi connectivity index (χ1v) is 4.78. The van der Waals surface area contributed by atoms with E-state index in [4.69, 9.17) is 15.9 Å². The van der Waals surface area contributed by atoms with Crippen LogP contribution in [0.4, 0.5) is 10.1 Å². The number of hydrogen-bond acceptors (Lipinski definition) is 4. The molecule has 6 nitrogen and oxygen atoms in total. The number of nitro benzene ring substituents is 1. The van der Waals surface area contributed by atoms with Gasteiger partial charge in [0, 0.05) is 5.56 Å². The number of nitrogens with zero attached hydrogens (tertiary/aromatic N) is 1. The van der Waals surface area contributed by atoms with E-state index < -0.39 is 16.8 Å². The molecule has 0 spiro atoms. The smallest absolute Gasteiger partial charge is 0.275 e. The van der Waals surface area contributed by atoms with Gasteiger partial charge in [0.25, 0.3) is 5.69 Å². The van der Waals surface area contributed by atoms with Gasteiger partial charge in [-0.25, -0.2) is 4.39 Å². The van der Waals surface area contributed by atoms with E-state index in [9.17, 15) is 14.5 Å². The van der Waals surface area contributed by atoms with Crippen molar-refractivity contribution in [3.63, 3.8) is 0 Å². The second kappa shape index (κ2) is 4.77. The van der Waals surface area contributed by atoms with Gasteiger partial charge < -0.3 is 10.5 Å². The molecule has 92 valence electrons. The van der Waals surface area contributed by atoms with Crippen LogP contribution < -0.4 is 10.5 Å². The number of benzene rings is 1. The molecular formula is C10H12FN3O3. The van der Waals surface area contributed by atoms with Crippen LogP contribution in [0.5, 0.6) is 5.75 Å². The zero-order valence-electron chi connectivity index (χ0n) is 9.36. The second-order valence-corrected chi connectivity index (χ2v) is 3.54. The van der Waals surface area contributed by atoms with Crippen LogP contribution in [0.3, 0.4) is 0 Å². The number of nitrogens with one attached hydrogen (secondary N) is 1. The van der Waals surface area contributed by atoms with Crippen molar-refractivity contribution < 1.29 is 14.1 Å². The molecule has 3 N–H and O–H groups in total. The summed E-state index contributed by atoms with van der Waals surface area (Å²) in [6, 6.07) is 2.00. The SMILES string of the molecule is Cc1cc(OC(C)C(=N)N)c(F)cc1[N+](=O)[O-]. The van der Waals surface area contributed by atoms with Crippen LogP contribution in [0.25, 0.3) is 0 Å². The monoisotopic (exact) mass is 241 g/mol. The molecule has 1 rings (SSSR count). The number of hydrogen-bond donors (Lipinski definition) is 2. The Labute approximate surface area is 96.8 Å². The van der Waals surface area contributed by atoms with Crippen molar-refractivity contribution in [3.8, 4) is 5.75 Å². The lowest BCUT2D eigenvalue weighted by Gasteiger charge is -2.14. The molecule has 0 heterocycles. The first-order valence-electron chi connectivity index (χ1n) is 4.78. The molecule has 0 radical (unpaired) electrons. The highest BCUT2D eigenvalue weighted by Crippen LogP contribution is 2.27. The molecule has 0 amide bonds. The van der Waals surface area contributed by atoms with E-state index in [2.05, 4.69) is 0 Å². The Hall–Kier alpha value is -2.18. The lowest BCUT2D eigenvalue weighted by molar-refractivity contribution is -0.385. The van der Waals surface area contributed by atoms with E-state index in [1.807, 2.05) is 0 Å². The van der Waals surface area contributed by atoms with Crippen molar-refractivity contribution in [2.75, 3.05) is 0 Å². The van der Waals surface area contributed by atoms with Crippen LogP contribution in [-0.2, 0) is 0 Å². The third-order valence-corrected chi connectivity index (χ3v) is 2.19. The largest absolute Gasteiger partial charge is 0.480 e. The lowest BCUT2D eigenvalue weighted by Crippen LogP contribution is -2.30. The van der Waals surface area contributed by atoms with Crippen molar-refractivity contribution in [1.29, 1.82) is 5.41 Å². The van der Waals surface area contributed by atoms with Gasteiger partial charge in [-0.05, 0) is 19.9 Å². The molecule has 0 bridgehead atoms. The molecular weight excluding hydrogens is 229 g/mol. The number of aryl methyl sites for hydroxylation is 1. The van der Waals surface area contributed by atoms with Crippen LogP contribution in [-0.4, -0.2) is 16.9 Å². The normalized spacial score (nSPS) is 11.9. The predicted octanol–water partition coefficient (Wildman–Crippen LogP) is 1.75. The number of halogens is 1. The van der Waals surface area contributed by atoms with Crippen molar-refractivity contribution >= 4 is 11.5 Å². The summed E-state index contributed by atoms with van der Waals surface area (Å²) in [5, 5.41) is 17.7. The maximum absolute atomic E-state index is 13.5. The van der Waals surface area contributed by atoms with Crippen molar-refractivity contribution in [3.05, 3.63) is 33.6 Å². The predicted molar refractivity (Wildman–Crippen MR) is 59.8 cm³/mol. The molecule has 17 heavy (non-hydrogen) atoms. The van der Waals surface area contributed by atoms with Crippen LogP contribution in [0, 0.1) is 28.3 Å². The molecule has 0 aromatic heterocycles. The Morgan fingerprint density at radius 2 is 2.24 bits per heavy atom. The molecule has 0 saturated heterocycles. The molecule has 0 saturated carbocycles. The summed E-state index contributed by atoms with van der Waals surface area (Å²) in [5.74, 6) is -1.26. The van der Waals surface area contributed by atoms with Crippen molar-refractivity contribution in [2.45, 2.75) is 20.0 Å². The minimum Gasteiger partial charge on any atom is -0.480 e. The first-order chi connectivity index (χ1) is 7.82. The molecule has 0 aliphatic rings. The molecule has 0 aliphatic carbocycles. The van der Waals surface area contributed by atoms with Crippen LogP contribution in [0.2, 0.25) is 0 Å². The molecule has 0 fully saturated rings. The first kappa shape index (κ1) is 12.9. The summed E-state index contributed by atoms with van der Waals surface area (Å²) < 4.78 is 18.5. The average Bonchev–Trinajstić information content (AvgIpc) is 2.22. The highest BCUT2D eigenvalue weighted by Gasteiger charge is 2.18. The average molecular weight is 241 g/mol. The fourth-order valence-corrected chi connectivity index (χ4v) is 1.19. The van der Waals surface area contributed by atoms with Crippen molar-refractivity contribution in [1.82, 2.24) is 0 Å². The quantitative estimate of drug-likeness (QED) is 0.362. The molecule has 1 aromatic carbocycles. The Morgan fingerprint density at radius 3 is 2.71 bits per heavy atom. The molecule has 0 aliphatic heterocycles. The third-order valence-electron chi connectivity index (χ3n) is 2.19. The number of nitrogens with two attached hydrogens (primary N) is 1. The van der Waals surface area contributed by atoms with E-state index in [0.717, 1.165) is 6.07 Å². The van der Waals surface area contributed by atoms with Gasteiger partial charge in [-0.1, -0.05) is 0 Å². The van der Waals surface area contributed by atoms with Crippen LogP contribution in [0.15, 0.2) is 12.1 Å². The molecule has 1 atom stereocenters. The maximum atomic E-state index is 13.5. The second-order valence-electron chi connectivity index (χ2n) is 3.54. The highest BCUT2D eigenvalue weighted by molar-refractivity contribution is 5.81. The fourth-order valence-electron chi connectivity index (χ4n) is 1.19. The highest BCUT2D eigenvalue weighted by atomic mass is 19.1. The standard InChI is InChI=1S/C10H12FN3O3/c1-5-3-9(17-6(2)10(12)13)7(11)4-8(5)14(15)16/h3-4,6H,1-2H3,(H3,12,13). The summed E-state index contributed by atoms with van der Waals surface area (Å²) in [4.78, 5) is 9.89. The summed E-state index contributed by atoms with van der Waals surface area (Å²) >= 11 is 0. The Morgan fingerprint density at radius 1 is 1.65 bits per heavy atom. The number of rotatable bonds is 4. The van der Waals surface area contributed by atoms with E-state index in [1.54, 1.807) is 0 Å². The van der Waals surface area contributed by atoms with Gasteiger partial charge in [0.1, 0.15) is 5.84 Å². The summed E-state index contributed by atoms with van der Waals surface area (Å²) in [5.41, 5.74) is 5.14. The fraction of sp³-hybridized carbons (Fsp3) is 0.300.